The maximum Gasteiger partial charge on any atom is 0.415 e. The van der Waals surface area contributed by atoms with E-state index in [0.717, 1.165) is 16.3 Å². The molecule has 0 heterocycles. The van der Waals surface area contributed by atoms with Crippen molar-refractivity contribution in [1.82, 2.24) is 0 Å². The van der Waals surface area contributed by atoms with Crippen molar-refractivity contribution in [2.75, 3.05) is 6.61 Å². The molecule has 0 saturated heterocycles. The largest absolute Gasteiger partial charge is 0.691 e. The summed E-state index contributed by atoms with van der Waals surface area (Å²) in [4.78, 5) is 11.1. The van der Waals surface area contributed by atoms with Gasteiger partial charge in [-0.05, 0) is 16.3 Å². The van der Waals surface area contributed by atoms with Gasteiger partial charge in [-0.2, -0.15) is 13.1 Å². The Balaban J connectivity index is 1.88. The van der Waals surface area contributed by atoms with E-state index in [1.807, 2.05) is 42.5 Å². The average Bonchev–Trinajstić information content (AvgIpc) is 2.52. The third kappa shape index (κ3) is 4.38. The summed E-state index contributed by atoms with van der Waals surface area (Å²) in [5.41, 5.74) is 0.849. The topological polar surface area (TPSA) is 67.8 Å². The summed E-state index contributed by atoms with van der Waals surface area (Å²) in [5, 5.41) is 10.3. The highest BCUT2D eigenvalue weighted by molar-refractivity contribution is 7.96. The number of hydrogen-bond acceptors (Lipinski definition) is 6. The van der Waals surface area contributed by atoms with Crippen LogP contribution in [0.15, 0.2) is 42.5 Å². The molecule has 0 aliphatic rings. The number of hydrogen-bond donors (Lipinski definition) is 0. The number of benzene rings is 2. The van der Waals surface area contributed by atoms with Crippen LogP contribution in [-0.4, -0.2) is 17.8 Å². The van der Waals surface area contributed by atoms with Crippen LogP contribution in [0, 0.1) is 0 Å². The molecule has 2 aromatic carbocycles. The molecule has 2 rings (SSSR count). The van der Waals surface area contributed by atoms with E-state index in [2.05, 4.69) is 14.1 Å². The molecule has 118 valence electrons. The number of carbonyl (C=O) groups is 1. The van der Waals surface area contributed by atoms with E-state index >= 15 is 0 Å². The molecule has 0 bridgehead atoms. The maximum absolute atomic E-state index is 13.1. The van der Waals surface area contributed by atoms with Crippen molar-refractivity contribution in [1.29, 1.82) is 0 Å². The lowest BCUT2D eigenvalue weighted by Gasteiger charge is -2.14. The van der Waals surface area contributed by atoms with Crippen LogP contribution in [-0.2, 0) is 25.3 Å². The van der Waals surface area contributed by atoms with Crippen molar-refractivity contribution in [2.45, 2.75) is 11.7 Å². The highest BCUT2D eigenvalue weighted by Gasteiger charge is 2.43. The Bertz CT molecular complexity index is 650. The zero-order chi connectivity index (χ0) is 16.0. The maximum atomic E-state index is 13.1. The van der Waals surface area contributed by atoms with Gasteiger partial charge in [-0.15, -0.1) is 0 Å². The molecule has 0 saturated carbocycles. The number of alkyl halides is 2. The molecule has 0 amide bonds. The molecule has 0 N–H and O–H groups in total. The first-order valence-electron chi connectivity index (χ1n) is 6.20. The number of carbonyl (C=O) groups excluding carboxylic acids is 1. The molecule has 0 radical (unpaired) electrons. The Kier molecular flexibility index (Phi) is 5.67. The third-order valence-corrected chi connectivity index (χ3v) is 3.34. The molecule has 0 aliphatic carbocycles. The van der Waals surface area contributed by atoms with Crippen molar-refractivity contribution in [3.63, 3.8) is 0 Å². The molecule has 22 heavy (non-hydrogen) atoms. The average molecular weight is 329 g/mol. The Morgan fingerprint density at radius 1 is 1.18 bits per heavy atom. The van der Waals surface area contributed by atoms with E-state index in [0.29, 0.717) is 0 Å². The van der Waals surface area contributed by atoms with E-state index in [4.69, 9.17) is 0 Å². The van der Waals surface area contributed by atoms with Crippen molar-refractivity contribution in [3.8, 4) is 0 Å². The van der Waals surface area contributed by atoms with Crippen molar-refractivity contribution >= 4 is 28.8 Å². The van der Waals surface area contributed by atoms with E-state index < -0.39 is 23.3 Å². The first-order valence-corrected chi connectivity index (χ1v) is 6.94. The van der Waals surface area contributed by atoms with Gasteiger partial charge in [0, 0.05) is 6.42 Å². The molecular formula is C14H11F2O5S-. The number of halogens is 2. The summed E-state index contributed by atoms with van der Waals surface area (Å²) < 4.78 is 34.1. The monoisotopic (exact) mass is 329 g/mol. The first-order chi connectivity index (χ1) is 10.5. The summed E-state index contributed by atoms with van der Waals surface area (Å²) >= 11 is -0.708. The number of esters is 1. The zero-order valence-electron chi connectivity index (χ0n) is 11.2. The Hall–Kier alpha value is -1.74. The van der Waals surface area contributed by atoms with Crippen LogP contribution in [0.3, 0.4) is 0 Å². The highest BCUT2D eigenvalue weighted by Crippen LogP contribution is 2.31. The minimum atomic E-state index is -4.01. The van der Waals surface area contributed by atoms with Gasteiger partial charge in [-0.25, -0.2) is 4.79 Å². The lowest BCUT2D eigenvalue weighted by atomic mass is 10.1. The molecule has 2 aromatic rings. The molecule has 5 nitrogen and oxygen atoms in total. The van der Waals surface area contributed by atoms with Crippen molar-refractivity contribution < 1.29 is 32.9 Å². The van der Waals surface area contributed by atoms with Crippen LogP contribution < -0.4 is 5.26 Å². The van der Waals surface area contributed by atoms with Gasteiger partial charge in [0.25, 0.3) is 0 Å². The SMILES string of the molecule is O=C(OCCc1ccc2ccccc2c1)C(F)(F)SOO[O-]. The van der Waals surface area contributed by atoms with Crippen molar-refractivity contribution in [2.24, 2.45) is 0 Å². The predicted molar refractivity (Wildman–Crippen MR) is 73.3 cm³/mol. The van der Waals surface area contributed by atoms with Gasteiger partial charge >= 0.3 is 11.2 Å². The summed E-state index contributed by atoms with van der Waals surface area (Å²) in [6, 6.07) is 13.3. The Morgan fingerprint density at radius 2 is 1.91 bits per heavy atom. The molecule has 0 fully saturated rings. The summed E-state index contributed by atoms with van der Waals surface area (Å²) in [6.07, 6.45) is 0.288. The van der Waals surface area contributed by atoms with Gasteiger partial charge < -0.3 is 9.99 Å². The van der Waals surface area contributed by atoms with Crippen LogP contribution in [0.1, 0.15) is 5.56 Å². The van der Waals surface area contributed by atoms with Gasteiger partial charge in [0.1, 0.15) is 12.0 Å². The molecule has 0 aliphatic heterocycles. The molecule has 8 heteroatoms. The summed E-state index contributed by atoms with van der Waals surface area (Å²) in [5.74, 6) is -1.80. The first kappa shape index (κ1) is 16.6. The van der Waals surface area contributed by atoms with Gasteiger partial charge in [0.2, 0.25) is 0 Å². The summed E-state index contributed by atoms with van der Waals surface area (Å²) in [6.45, 7) is -0.217. The van der Waals surface area contributed by atoms with Crippen LogP contribution in [0.25, 0.3) is 10.8 Å². The summed E-state index contributed by atoms with van der Waals surface area (Å²) in [7, 11) is 0. The van der Waals surface area contributed by atoms with Crippen LogP contribution >= 0.6 is 12.0 Å². The second kappa shape index (κ2) is 7.50. The normalized spacial score (nSPS) is 11.6. The fourth-order valence-electron chi connectivity index (χ4n) is 1.83. The fourth-order valence-corrected chi connectivity index (χ4v) is 2.07. The minimum Gasteiger partial charge on any atom is -0.691 e. The molecule has 0 spiro atoms. The van der Waals surface area contributed by atoms with Gasteiger partial charge in [0.15, 0.2) is 0 Å². The molecule has 0 unspecified atom stereocenters. The highest BCUT2D eigenvalue weighted by atomic mass is 32.2. The number of rotatable bonds is 7. The predicted octanol–water partition coefficient (Wildman–Crippen LogP) is 2.39. The minimum absolute atomic E-state index is 0.217. The van der Waals surface area contributed by atoms with Crippen LogP contribution in [0.5, 0.6) is 0 Å². The van der Waals surface area contributed by atoms with Crippen LogP contribution in [0.2, 0.25) is 0 Å². The zero-order valence-corrected chi connectivity index (χ0v) is 12.0. The smallest absolute Gasteiger partial charge is 0.415 e. The Morgan fingerprint density at radius 3 is 2.64 bits per heavy atom. The van der Waals surface area contributed by atoms with E-state index in [1.54, 1.807) is 0 Å². The molecule has 0 atom stereocenters. The second-order valence-corrected chi connectivity index (χ2v) is 5.12. The fraction of sp³-hybridized carbons (Fsp3) is 0.214. The standard InChI is InChI=1S/C14H12F2O5S/c15-14(16,22-21-20-18)13(17)19-8-7-10-5-6-11-3-1-2-4-12(11)9-10/h1-6,9,18H,7-8H2/p-1. The Labute approximate surface area is 128 Å². The van der Waals surface area contributed by atoms with Gasteiger partial charge in [-0.3, -0.25) is 5.04 Å². The molecule has 0 aromatic heterocycles. The third-order valence-electron chi connectivity index (χ3n) is 2.84. The van der Waals surface area contributed by atoms with E-state index in [-0.39, 0.29) is 13.0 Å². The number of fused-ring (bicyclic) bond motifs is 1. The lowest BCUT2D eigenvalue weighted by Crippen LogP contribution is -2.28. The van der Waals surface area contributed by atoms with Crippen molar-refractivity contribution in [3.05, 3.63) is 48.0 Å². The van der Waals surface area contributed by atoms with Gasteiger partial charge in [-0.1, -0.05) is 42.5 Å². The van der Waals surface area contributed by atoms with E-state index in [9.17, 15) is 18.8 Å². The quantitative estimate of drug-likeness (QED) is 0.336. The van der Waals surface area contributed by atoms with Gasteiger partial charge in [0.05, 0.1) is 6.61 Å². The van der Waals surface area contributed by atoms with Crippen LogP contribution in [0.4, 0.5) is 8.78 Å². The second-order valence-electron chi connectivity index (χ2n) is 4.30. The number of ether oxygens (including phenoxy) is 1. The molecular weight excluding hydrogens is 318 g/mol. The van der Waals surface area contributed by atoms with E-state index in [1.165, 1.54) is 0 Å². The lowest BCUT2D eigenvalue weighted by molar-refractivity contribution is -0.777.